The van der Waals surface area contributed by atoms with E-state index in [1.807, 2.05) is 7.05 Å². The van der Waals surface area contributed by atoms with Gasteiger partial charge in [-0.15, -0.1) is 0 Å². The third kappa shape index (κ3) is 2.16. The number of hydrogen-bond donors (Lipinski definition) is 1. The fraction of sp³-hybridized carbons (Fsp3) is 0.909. The van der Waals surface area contributed by atoms with Gasteiger partial charge in [0.2, 0.25) is 5.91 Å². The molecule has 1 amide bonds. The standard InChI is InChI=1S/C11H21N3O/c1-12-10-5-8-14(11(10)15)9-3-6-13(2)7-4-9/h9-10,12H,3-8H2,1-2H3. The van der Waals surface area contributed by atoms with E-state index in [4.69, 9.17) is 0 Å². The molecule has 0 radical (unpaired) electrons. The fourth-order valence-corrected chi connectivity index (χ4v) is 2.64. The van der Waals surface area contributed by atoms with E-state index in [9.17, 15) is 4.79 Å². The molecule has 2 heterocycles. The average molecular weight is 211 g/mol. The molecule has 0 saturated carbocycles. The number of nitrogens with zero attached hydrogens (tertiary/aromatic N) is 2. The maximum atomic E-state index is 12.0. The number of hydrogen-bond acceptors (Lipinski definition) is 3. The van der Waals surface area contributed by atoms with Gasteiger partial charge in [-0.3, -0.25) is 4.79 Å². The molecule has 2 saturated heterocycles. The van der Waals surface area contributed by atoms with Crippen molar-refractivity contribution in [1.82, 2.24) is 15.1 Å². The summed E-state index contributed by atoms with van der Waals surface area (Å²) in [5.74, 6) is 0.312. The first-order valence-corrected chi connectivity index (χ1v) is 5.88. The van der Waals surface area contributed by atoms with Crippen molar-refractivity contribution in [3.63, 3.8) is 0 Å². The molecule has 15 heavy (non-hydrogen) atoms. The monoisotopic (exact) mass is 211 g/mol. The summed E-state index contributed by atoms with van der Waals surface area (Å²) in [4.78, 5) is 16.4. The molecule has 0 aromatic rings. The van der Waals surface area contributed by atoms with E-state index in [1.165, 1.54) is 0 Å². The number of nitrogens with one attached hydrogen (secondary N) is 1. The highest BCUT2D eigenvalue weighted by atomic mass is 16.2. The zero-order chi connectivity index (χ0) is 10.8. The van der Waals surface area contributed by atoms with Gasteiger partial charge < -0.3 is 15.1 Å². The molecule has 4 heteroatoms. The summed E-state index contributed by atoms with van der Waals surface area (Å²) in [5, 5.41) is 3.09. The van der Waals surface area contributed by atoms with E-state index >= 15 is 0 Å². The van der Waals surface area contributed by atoms with E-state index in [0.717, 1.165) is 38.9 Å². The lowest BCUT2D eigenvalue weighted by Gasteiger charge is -2.35. The number of rotatable bonds is 2. The van der Waals surface area contributed by atoms with Gasteiger partial charge in [-0.2, -0.15) is 0 Å². The summed E-state index contributed by atoms with van der Waals surface area (Å²) in [5.41, 5.74) is 0. The third-order valence-electron chi connectivity index (χ3n) is 3.72. The molecular weight excluding hydrogens is 190 g/mol. The molecule has 0 spiro atoms. The second-order valence-corrected chi connectivity index (χ2v) is 4.70. The van der Waals surface area contributed by atoms with Crippen LogP contribution in [0.5, 0.6) is 0 Å². The molecular formula is C11H21N3O. The van der Waals surface area contributed by atoms with Crippen LogP contribution in [0.4, 0.5) is 0 Å². The van der Waals surface area contributed by atoms with Crippen LogP contribution in [-0.4, -0.2) is 61.5 Å². The van der Waals surface area contributed by atoms with Gasteiger partial charge in [-0.25, -0.2) is 0 Å². The SMILES string of the molecule is CNC1CCN(C2CCN(C)CC2)C1=O. The van der Waals surface area contributed by atoms with Crippen LogP contribution in [0.25, 0.3) is 0 Å². The largest absolute Gasteiger partial charge is 0.338 e. The molecule has 0 aromatic carbocycles. The Labute approximate surface area is 91.6 Å². The van der Waals surface area contributed by atoms with Crippen LogP contribution >= 0.6 is 0 Å². The van der Waals surface area contributed by atoms with Crippen LogP contribution in [0.2, 0.25) is 0 Å². The maximum Gasteiger partial charge on any atom is 0.240 e. The van der Waals surface area contributed by atoms with E-state index in [-0.39, 0.29) is 6.04 Å². The molecule has 0 aromatic heterocycles. The molecule has 2 rings (SSSR count). The summed E-state index contributed by atoms with van der Waals surface area (Å²) in [6, 6.07) is 0.566. The minimum absolute atomic E-state index is 0.0738. The molecule has 0 aliphatic carbocycles. The first kappa shape index (κ1) is 10.9. The van der Waals surface area contributed by atoms with Crippen molar-refractivity contribution in [1.29, 1.82) is 0 Å². The summed E-state index contributed by atoms with van der Waals surface area (Å²) in [6.07, 6.45) is 3.25. The van der Waals surface area contributed by atoms with Gasteiger partial charge in [0.25, 0.3) is 0 Å². The molecule has 0 bridgehead atoms. The Morgan fingerprint density at radius 2 is 1.87 bits per heavy atom. The van der Waals surface area contributed by atoms with Gasteiger partial charge >= 0.3 is 0 Å². The Bertz CT molecular complexity index is 236. The molecule has 1 atom stereocenters. The van der Waals surface area contributed by atoms with Gasteiger partial charge in [0, 0.05) is 12.6 Å². The Morgan fingerprint density at radius 1 is 1.20 bits per heavy atom. The van der Waals surface area contributed by atoms with Crippen molar-refractivity contribution in [2.75, 3.05) is 33.7 Å². The lowest BCUT2D eigenvalue weighted by molar-refractivity contribution is -0.132. The first-order chi connectivity index (χ1) is 7.22. The highest BCUT2D eigenvalue weighted by molar-refractivity contribution is 5.84. The van der Waals surface area contributed by atoms with E-state index in [0.29, 0.717) is 11.9 Å². The van der Waals surface area contributed by atoms with E-state index in [1.54, 1.807) is 0 Å². The minimum atomic E-state index is 0.0738. The van der Waals surface area contributed by atoms with Crippen LogP contribution in [0.15, 0.2) is 0 Å². The molecule has 2 aliphatic rings. The Balaban J connectivity index is 1.92. The number of amides is 1. The molecule has 4 nitrogen and oxygen atoms in total. The maximum absolute atomic E-state index is 12.0. The van der Waals surface area contributed by atoms with Gasteiger partial charge in [-0.1, -0.05) is 0 Å². The number of likely N-dealkylation sites (N-methyl/N-ethyl adjacent to an activating group) is 1. The topological polar surface area (TPSA) is 35.6 Å². The third-order valence-corrected chi connectivity index (χ3v) is 3.72. The lowest BCUT2D eigenvalue weighted by atomic mass is 10.0. The molecule has 2 aliphatic heterocycles. The summed E-state index contributed by atoms with van der Waals surface area (Å²) in [6.45, 7) is 3.19. The van der Waals surface area contributed by atoms with Crippen molar-refractivity contribution in [2.24, 2.45) is 0 Å². The Hall–Kier alpha value is -0.610. The normalized spacial score (nSPS) is 30.1. The predicted molar refractivity (Wildman–Crippen MR) is 59.7 cm³/mol. The zero-order valence-electron chi connectivity index (χ0n) is 9.70. The second-order valence-electron chi connectivity index (χ2n) is 4.70. The summed E-state index contributed by atoms with van der Waals surface area (Å²) >= 11 is 0. The van der Waals surface area contributed by atoms with Crippen LogP contribution < -0.4 is 5.32 Å². The smallest absolute Gasteiger partial charge is 0.240 e. The van der Waals surface area contributed by atoms with Crippen LogP contribution in [0.1, 0.15) is 19.3 Å². The summed E-state index contributed by atoms with van der Waals surface area (Å²) in [7, 11) is 4.03. The van der Waals surface area contributed by atoms with Gasteiger partial charge in [-0.05, 0) is 46.4 Å². The van der Waals surface area contributed by atoms with Crippen LogP contribution in [0.3, 0.4) is 0 Å². The lowest BCUT2D eigenvalue weighted by Crippen LogP contribution is -2.46. The van der Waals surface area contributed by atoms with Crippen molar-refractivity contribution in [3.05, 3.63) is 0 Å². The first-order valence-electron chi connectivity index (χ1n) is 5.88. The van der Waals surface area contributed by atoms with E-state index in [2.05, 4.69) is 22.2 Å². The van der Waals surface area contributed by atoms with Crippen LogP contribution in [-0.2, 0) is 4.79 Å². The number of carbonyl (C=O) groups excluding carboxylic acids is 1. The fourth-order valence-electron chi connectivity index (χ4n) is 2.64. The van der Waals surface area contributed by atoms with Gasteiger partial charge in [0.1, 0.15) is 0 Å². The van der Waals surface area contributed by atoms with Crippen molar-refractivity contribution < 1.29 is 4.79 Å². The van der Waals surface area contributed by atoms with Crippen molar-refractivity contribution in [3.8, 4) is 0 Å². The van der Waals surface area contributed by atoms with Crippen molar-refractivity contribution in [2.45, 2.75) is 31.3 Å². The number of likely N-dealkylation sites (tertiary alicyclic amines) is 2. The summed E-state index contributed by atoms with van der Waals surface area (Å²) < 4.78 is 0. The minimum Gasteiger partial charge on any atom is -0.338 e. The van der Waals surface area contributed by atoms with Gasteiger partial charge in [0.15, 0.2) is 0 Å². The Kier molecular flexibility index (Phi) is 3.26. The van der Waals surface area contributed by atoms with Gasteiger partial charge in [0.05, 0.1) is 6.04 Å². The predicted octanol–water partition coefficient (Wildman–Crippen LogP) is -0.0991. The quantitative estimate of drug-likeness (QED) is 0.693. The van der Waals surface area contributed by atoms with Crippen LogP contribution in [0, 0.1) is 0 Å². The molecule has 1 unspecified atom stereocenters. The highest BCUT2D eigenvalue weighted by Crippen LogP contribution is 2.21. The highest BCUT2D eigenvalue weighted by Gasteiger charge is 2.35. The second kappa shape index (κ2) is 4.49. The molecule has 2 fully saturated rings. The zero-order valence-corrected chi connectivity index (χ0v) is 9.70. The molecule has 1 N–H and O–H groups in total. The number of carbonyl (C=O) groups is 1. The average Bonchev–Trinajstić information content (AvgIpc) is 2.61. The number of piperidine rings is 1. The van der Waals surface area contributed by atoms with E-state index < -0.39 is 0 Å². The molecule has 86 valence electrons. The van der Waals surface area contributed by atoms with Crippen molar-refractivity contribution >= 4 is 5.91 Å². The Morgan fingerprint density at radius 3 is 2.40 bits per heavy atom.